The Morgan fingerprint density at radius 1 is 0.542 bits per heavy atom. The van der Waals surface area contributed by atoms with Gasteiger partial charge in [-0.15, -0.1) is 10.2 Å². The molecule has 0 aliphatic rings. The molecule has 0 aliphatic carbocycles. The van der Waals surface area contributed by atoms with Gasteiger partial charge >= 0.3 is 0 Å². The first-order valence-corrected chi connectivity index (χ1v) is 7.43. The van der Waals surface area contributed by atoms with Crippen LogP contribution in [0.2, 0.25) is 0 Å². The fourth-order valence-corrected chi connectivity index (χ4v) is 2.90. The lowest BCUT2D eigenvalue weighted by molar-refractivity contribution is 0.424. The monoisotopic (exact) mass is 314 g/mol. The zero-order valence-corrected chi connectivity index (χ0v) is 12.4. The largest absolute Gasteiger partial charge is 0.337 e. The highest BCUT2D eigenvalue weighted by atomic mass is 16.5. The maximum Gasteiger partial charge on any atom is 0.188 e. The van der Waals surface area contributed by atoms with Crippen LogP contribution >= 0.6 is 0 Å². The van der Waals surface area contributed by atoms with E-state index in [4.69, 9.17) is 9.05 Å². The smallest absolute Gasteiger partial charge is 0.188 e. The third-order valence-electron chi connectivity index (χ3n) is 4.06. The van der Waals surface area contributed by atoms with E-state index in [-0.39, 0.29) is 0 Å². The maximum atomic E-state index is 5.13. The van der Waals surface area contributed by atoms with Crippen LogP contribution in [-0.2, 0) is 0 Å². The highest BCUT2D eigenvalue weighted by Crippen LogP contribution is 2.31. The summed E-state index contributed by atoms with van der Waals surface area (Å²) in [7, 11) is 0. The molecule has 0 amide bonds. The number of hydrogen-bond acceptors (Lipinski definition) is 6. The topological polar surface area (TPSA) is 77.8 Å². The van der Waals surface area contributed by atoms with Gasteiger partial charge in [0.25, 0.3) is 0 Å². The molecular formula is C18H10N4O2. The van der Waals surface area contributed by atoms with Gasteiger partial charge in [-0.3, -0.25) is 0 Å². The molecular weight excluding hydrogens is 304 g/mol. The first kappa shape index (κ1) is 13.0. The van der Waals surface area contributed by atoms with Crippen LogP contribution in [0.4, 0.5) is 0 Å². The zero-order chi connectivity index (χ0) is 15.9. The van der Waals surface area contributed by atoms with Crippen LogP contribution in [0.15, 0.2) is 69.7 Å². The van der Waals surface area contributed by atoms with Crippen molar-refractivity contribution in [3.8, 4) is 22.3 Å². The Morgan fingerprint density at radius 2 is 1.00 bits per heavy atom. The summed E-state index contributed by atoms with van der Waals surface area (Å²) in [5.41, 5.74) is 6.94. The Morgan fingerprint density at radius 3 is 1.46 bits per heavy atom. The first-order valence-electron chi connectivity index (χ1n) is 7.43. The summed E-state index contributed by atoms with van der Waals surface area (Å²) in [6.45, 7) is 0. The maximum absolute atomic E-state index is 5.13. The van der Waals surface area contributed by atoms with Crippen molar-refractivity contribution in [1.29, 1.82) is 0 Å². The van der Waals surface area contributed by atoms with Crippen LogP contribution < -0.4 is 0 Å². The molecule has 3 aromatic carbocycles. The number of fused-ring (bicyclic) bond motifs is 2. The van der Waals surface area contributed by atoms with Crippen LogP contribution in [-0.4, -0.2) is 20.7 Å². The van der Waals surface area contributed by atoms with Crippen molar-refractivity contribution < 1.29 is 9.05 Å². The van der Waals surface area contributed by atoms with Crippen LogP contribution in [0, 0.1) is 0 Å². The predicted octanol–water partition coefficient (Wildman–Crippen LogP) is 4.09. The minimum Gasteiger partial charge on any atom is -0.337 e. The van der Waals surface area contributed by atoms with Gasteiger partial charge in [0, 0.05) is 21.7 Å². The number of benzene rings is 3. The summed E-state index contributed by atoms with van der Waals surface area (Å²) in [5.74, 6) is 0. The summed E-state index contributed by atoms with van der Waals surface area (Å²) in [5, 5.41) is 15.4. The molecule has 0 fully saturated rings. The fourth-order valence-electron chi connectivity index (χ4n) is 2.90. The highest BCUT2D eigenvalue weighted by Gasteiger charge is 2.11. The molecule has 24 heavy (non-hydrogen) atoms. The first-order chi connectivity index (χ1) is 11.9. The molecule has 0 N–H and O–H groups in total. The van der Waals surface area contributed by atoms with Crippen molar-refractivity contribution in [3.63, 3.8) is 0 Å². The summed E-state index contributed by atoms with van der Waals surface area (Å²) in [6, 6.07) is 19.8. The number of rotatable bonds is 2. The SMILES string of the molecule is c1cc(-c2ccc(-c3cccc4onnc34)cc2)c2nnoc2c1. The number of aromatic nitrogens is 4. The molecule has 6 nitrogen and oxygen atoms in total. The van der Waals surface area contributed by atoms with Crippen LogP contribution in [0.5, 0.6) is 0 Å². The van der Waals surface area contributed by atoms with E-state index >= 15 is 0 Å². The third kappa shape index (κ3) is 1.90. The van der Waals surface area contributed by atoms with Gasteiger partial charge in [-0.1, -0.05) is 48.5 Å². The lowest BCUT2D eigenvalue weighted by atomic mass is 9.99. The van der Waals surface area contributed by atoms with Gasteiger partial charge in [-0.05, 0) is 23.3 Å². The quantitative estimate of drug-likeness (QED) is 0.488. The Balaban J connectivity index is 1.63. The Bertz CT molecular complexity index is 1070. The molecule has 114 valence electrons. The van der Waals surface area contributed by atoms with Crippen LogP contribution in [0.25, 0.3) is 44.5 Å². The minimum atomic E-state index is 0.676. The summed E-state index contributed by atoms with van der Waals surface area (Å²) >= 11 is 0. The van der Waals surface area contributed by atoms with Gasteiger partial charge < -0.3 is 9.05 Å². The molecule has 0 saturated carbocycles. The molecule has 2 aromatic heterocycles. The fraction of sp³-hybridized carbons (Fsp3) is 0. The number of hydrogen-bond donors (Lipinski definition) is 0. The van der Waals surface area contributed by atoms with Gasteiger partial charge in [0.1, 0.15) is 11.0 Å². The Hall–Kier alpha value is -3.54. The van der Waals surface area contributed by atoms with Crippen molar-refractivity contribution in [3.05, 3.63) is 60.7 Å². The molecule has 2 heterocycles. The minimum absolute atomic E-state index is 0.676. The standard InChI is InChI=1S/C18H10N4O2/c1-3-13(17-15(5-1)23-21-19-17)11-7-9-12(10-8-11)14-4-2-6-16-18(14)20-22-24-16/h1-10H. The van der Waals surface area contributed by atoms with Crippen molar-refractivity contribution >= 4 is 22.2 Å². The van der Waals surface area contributed by atoms with Gasteiger partial charge in [0.05, 0.1) is 0 Å². The van der Waals surface area contributed by atoms with Crippen molar-refractivity contribution in [2.75, 3.05) is 0 Å². The van der Waals surface area contributed by atoms with E-state index in [0.717, 1.165) is 33.3 Å². The molecule has 5 rings (SSSR count). The lowest BCUT2D eigenvalue weighted by Gasteiger charge is -2.05. The van der Waals surface area contributed by atoms with Gasteiger partial charge in [0.15, 0.2) is 11.2 Å². The molecule has 0 radical (unpaired) electrons. The van der Waals surface area contributed by atoms with E-state index < -0.39 is 0 Å². The normalized spacial score (nSPS) is 11.3. The van der Waals surface area contributed by atoms with Crippen LogP contribution in [0.1, 0.15) is 0 Å². The number of nitrogens with zero attached hydrogens (tertiary/aromatic N) is 4. The van der Waals surface area contributed by atoms with Crippen LogP contribution in [0.3, 0.4) is 0 Å². The average molecular weight is 314 g/mol. The Kier molecular flexibility index (Phi) is 2.69. The van der Waals surface area contributed by atoms with E-state index in [1.165, 1.54) is 0 Å². The molecule has 6 heteroatoms. The molecule has 0 spiro atoms. The molecule has 0 saturated heterocycles. The summed E-state index contributed by atoms with van der Waals surface area (Å²) < 4.78 is 10.3. The van der Waals surface area contributed by atoms with Crippen molar-refractivity contribution in [2.45, 2.75) is 0 Å². The summed E-state index contributed by atoms with van der Waals surface area (Å²) in [6.07, 6.45) is 0. The van der Waals surface area contributed by atoms with E-state index in [1.54, 1.807) is 0 Å². The zero-order valence-electron chi connectivity index (χ0n) is 12.4. The lowest BCUT2D eigenvalue weighted by Crippen LogP contribution is -1.84. The predicted molar refractivity (Wildman–Crippen MR) is 88.0 cm³/mol. The molecule has 0 unspecified atom stereocenters. The highest BCUT2D eigenvalue weighted by molar-refractivity contribution is 5.93. The average Bonchev–Trinajstić information content (AvgIpc) is 3.30. The van der Waals surface area contributed by atoms with Gasteiger partial charge in [0.2, 0.25) is 0 Å². The molecule has 5 aromatic rings. The second-order valence-corrected chi connectivity index (χ2v) is 5.43. The van der Waals surface area contributed by atoms with Crippen molar-refractivity contribution in [1.82, 2.24) is 20.7 Å². The molecule has 0 bridgehead atoms. The third-order valence-corrected chi connectivity index (χ3v) is 4.06. The summed E-state index contributed by atoms with van der Waals surface area (Å²) in [4.78, 5) is 0. The Labute approximate surface area is 135 Å². The van der Waals surface area contributed by atoms with E-state index in [2.05, 4.69) is 20.7 Å². The second-order valence-electron chi connectivity index (χ2n) is 5.43. The van der Waals surface area contributed by atoms with E-state index in [9.17, 15) is 0 Å². The van der Waals surface area contributed by atoms with Gasteiger partial charge in [-0.25, -0.2) is 0 Å². The second kappa shape index (κ2) is 4.99. The van der Waals surface area contributed by atoms with Crippen molar-refractivity contribution in [2.24, 2.45) is 0 Å². The molecule has 0 atom stereocenters. The van der Waals surface area contributed by atoms with E-state index in [1.807, 2.05) is 60.7 Å². The van der Waals surface area contributed by atoms with E-state index in [0.29, 0.717) is 11.2 Å². The van der Waals surface area contributed by atoms with Gasteiger partial charge in [-0.2, -0.15) is 0 Å². The molecule has 0 aliphatic heterocycles.